The van der Waals surface area contributed by atoms with Crippen LogP contribution in [-0.4, -0.2) is 7.11 Å². The van der Waals surface area contributed by atoms with Gasteiger partial charge >= 0.3 is 0 Å². The van der Waals surface area contributed by atoms with Crippen molar-refractivity contribution in [2.24, 2.45) is 5.92 Å². The SMILES string of the molecule is COc1ccc2cc(C3CC3C#N)ccc2c1. The average Bonchev–Trinajstić information content (AvgIpc) is 3.17. The van der Waals surface area contributed by atoms with Crippen LogP contribution in [-0.2, 0) is 0 Å². The van der Waals surface area contributed by atoms with Gasteiger partial charge in [-0.2, -0.15) is 5.26 Å². The topological polar surface area (TPSA) is 33.0 Å². The molecule has 0 N–H and O–H groups in total. The minimum Gasteiger partial charge on any atom is -0.497 e. The number of nitrogens with zero attached hydrogens (tertiary/aromatic N) is 1. The summed E-state index contributed by atoms with van der Waals surface area (Å²) >= 11 is 0. The van der Waals surface area contributed by atoms with E-state index in [1.54, 1.807) is 7.11 Å². The monoisotopic (exact) mass is 223 g/mol. The first-order valence-corrected chi connectivity index (χ1v) is 5.79. The van der Waals surface area contributed by atoms with Crippen molar-refractivity contribution in [3.05, 3.63) is 42.0 Å². The van der Waals surface area contributed by atoms with Gasteiger partial charge in [0, 0.05) is 5.92 Å². The van der Waals surface area contributed by atoms with Gasteiger partial charge < -0.3 is 4.74 Å². The second-order valence-corrected chi connectivity index (χ2v) is 4.55. The fourth-order valence-electron chi connectivity index (χ4n) is 2.31. The fourth-order valence-corrected chi connectivity index (χ4v) is 2.31. The van der Waals surface area contributed by atoms with Crippen molar-refractivity contribution in [2.75, 3.05) is 7.11 Å². The Balaban J connectivity index is 2.00. The molecule has 0 spiro atoms. The zero-order valence-corrected chi connectivity index (χ0v) is 9.68. The third-order valence-corrected chi connectivity index (χ3v) is 3.46. The number of hydrogen-bond acceptors (Lipinski definition) is 2. The molecule has 0 saturated heterocycles. The maximum atomic E-state index is 8.85. The van der Waals surface area contributed by atoms with Crippen molar-refractivity contribution in [3.8, 4) is 11.8 Å². The predicted molar refractivity (Wildman–Crippen MR) is 67.0 cm³/mol. The minimum atomic E-state index is 0.227. The normalized spacial score (nSPS) is 22.1. The van der Waals surface area contributed by atoms with E-state index >= 15 is 0 Å². The van der Waals surface area contributed by atoms with Gasteiger partial charge in [0.05, 0.1) is 19.1 Å². The van der Waals surface area contributed by atoms with Gasteiger partial charge in [0.25, 0.3) is 0 Å². The van der Waals surface area contributed by atoms with E-state index in [1.165, 1.54) is 16.3 Å². The van der Waals surface area contributed by atoms with Gasteiger partial charge in [-0.05, 0) is 34.9 Å². The standard InChI is InChI=1S/C15H13NO/c1-17-14-5-4-10-6-12(3-2-11(10)7-14)15-8-13(15)9-16/h2-7,13,15H,8H2,1H3. The molecule has 2 aromatic carbocycles. The molecule has 0 heterocycles. The molecule has 0 bridgehead atoms. The van der Waals surface area contributed by atoms with Crippen LogP contribution in [0.15, 0.2) is 36.4 Å². The van der Waals surface area contributed by atoms with Gasteiger partial charge in [-0.25, -0.2) is 0 Å². The van der Waals surface area contributed by atoms with Crippen molar-refractivity contribution in [2.45, 2.75) is 12.3 Å². The van der Waals surface area contributed by atoms with E-state index in [0.29, 0.717) is 5.92 Å². The highest BCUT2D eigenvalue weighted by molar-refractivity contribution is 5.84. The first-order chi connectivity index (χ1) is 8.31. The summed E-state index contributed by atoms with van der Waals surface area (Å²) in [6.07, 6.45) is 1.01. The first kappa shape index (κ1) is 10.2. The Morgan fingerprint density at radius 1 is 1.18 bits per heavy atom. The smallest absolute Gasteiger partial charge is 0.119 e. The van der Waals surface area contributed by atoms with Gasteiger partial charge in [0.2, 0.25) is 0 Å². The van der Waals surface area contributed by atoms with Crippen LogP contribution >= 0.6 is 0 Å². The molecule has 0 aliphatic heterocycles. The zero-order valence-electron chi connectivity index (χ0n) is 9.68. The third kappa shape index (κ3) is 1.74. The van der Waals surface area contributed by atoms with E-state index in [-0.39, 0.29) is 5.92 Å². The van der Waals surface area contributed by atoms with E-state index in [9.17, 15) is 0 Å². The third-order valence-electron chi connectivity index (χ3n) is 3.46. The maximum Gasteiger partial charge on any atom is 0.119 e. The van der Waals surface area contributed by atoms with Crippen molar-refractivity contribution < 1.29 is 4.74 Å². The lowest BCUT2D eigenvalue weighted by molar-refractivity contribution is 0.415. The Kier molecular flexibility index (Phi) is 2.26. The highest BCUT2D eigenvalue weighted by atomic mass is 16.5. The Morgan fingerprint density at radius 3 is 2.65 bits per heavy atom. The van der Waals surface area contributed by atoms with E-state index in [0.717, 1.165) is 12.2 Å². The largest absolute Gasteiger partial charge is 0.497 e. The fraction of sp³-hybridized carbons (Fsp3) is 0.267. The number of methoxy groups -OCH3 is 1. The molecule has 17 heavy (non-hydrogen) atoms. The summed E-state index contributed by atoms with van der Waals surface area (Å²) in [6, 6.07) is 14.8. The molecule has 1 saturated carbocycles. The van der Waals surface area contributed by atoms with Crippen LogP contribution in [0.1, 0.15) is 17.9 Å². The maximum absolute atomic E-state index is 8.85. The molecule has 84 valence electrons. The van der Waals surface area contributed by atoms with Crippen LogP contribution in [0.25, 0.3) is 10.8 Å². The average molecular weight is 223 g/mol. The minimum absolute atomic E-state index is 0.227. The molecule has 3 rings (SSSR count). The first-order valence-electron chi connectivity index (χ1n) is 5.79. The van der Waals surface area contributed by atoms with Crippen LogP contribution < -0.4 is 4.74 Å². The van der Waals surface area contributed by atoms with E-state index < -0.39 is 0 Å². The summed E-state index contributed by atoms with van der Waals surface area (Å²) in [4.78, 5) is 0. The molecule has 1 aliphatic carbocycles. The van der Waals surface area contributed by atoms with E-state index in [2.05, 4.69) is 30.3 Å². The van der Waals surface area contributed by atoms with Crippen molar-refractivity contribution in [3.63, 3.8) is 0 Å². The van der Waals surface area contributed by atoms with E-state index in [1.807, 2.05) is 12.1 Å². The summed E-state index contributed by atoms with van der Waals surface area (Å²) in [7, 11) is 1.68. The lowest BCUT2D eigenvalue weighted by Crippen LogP contribution is -1.85. The lowest BCUT2D eigenvalue weighted by Gasteiger charge is -2.04. The van der Waals surface area contributed by atoms with Crippen LogP contribution in [0.5, 0.6) is 5.75 Å². The Hall–Kier alpha value is -2.01. The van der Waals surface area contributed by atoms with Crippen LogP contribution in [0.4, 0.5) is 0 Å². The summed E-state index contributed by atoms with van der Waals surface area (Å²) in [6.45, 7) is 0. The molecule has 0 radical (unpaired) electrons. The molecule has 2 heteroatoms. The number of ether oxygens (including phenoxy) is 1. The number of fused-ring (bicyclic) bond motifs is 1. The van der Waals surface area contributed by atoms with E-state index in [4.69, 9.17) is 10.00 Å². The quantitative estimate of drug-likeness (QED) is 0.780. The zero-order chi connectivity index (χ0) is 11.8. The van der Waals surface area contributed by atoms with Gasteiger partial charge in [-0.3, -0.25) is 0 Å². The number of nitriles is 1. The summed E-state index contributed by atoms with van der Waals surface area (Å²) in [5.74, 6) is 1.56. The summed E-state index contributed by atoms with van der Waals surface area (Å²) in [5, 5.41) is 11.3. The Bertz CT molecular complexity index is 612. The molecule has 1 fully saturated rings. The molecular formula is C15H13NO. The molecule has 2 aromatic rings. The Morgan fingerprint density at radius 2 is 1.94 bits per heavy atom. The molecule has 0 amide bonds. The molecule has 2 nitrogen and oxygen atoms in total. The second-order valence-electron chi connectivity index (χ2n) is 4.55. The summed E-state index contributed by atoms with van der Waals surface area (Å²) < 4.78 is 5.20. The second kappa shape index (κ2) is 3.78. The molecule has 1 aliphatic rings. The molecule has 2 unspecified atom stereocenters. The molecule has 2 atom stereocenters. The van der Waals surface area contributed by atoms with Crippen LogP contribution in [0, 0.1) is 17.2 Å². The van der Waals surface area contributed by atoms with Crippen molar-refractivity contribution >= 4 is 10.8 Å². The number of hydrogen-bond donors (Lipinski definition) is 0. The number of benzene rings is 2. The van der Waals surface area contributed by atoms with Gasteiger partial charge in [-0.15, -0.1) is 0 Å². The van der Waals surface area contributed by atoms with Gasteiger partial charge in [-0.1, -0.05) is 24.3 Å². The van der Waals surface area contributed by atoms with Gasteiger partial charge in [0.15, 0.2) is 0 Å². The predicted octanol–water partition coefficient (Wildman–Crippen LogP) is 3.48. The van der Waals surface area contributed by atoms with Crippen LogP contribution in [0.2, 0.25) is 0 Å². The number of rotatable bonds is 2. The highest BCUT2D eigenvalue weighted by Crippen LogP contribution is 2.47. The van der Waals surface area contributed by atoms with Crippen LogP contribution in [0.3, 0.4) is 0 Å². The highest BCUT2D eigenvalue weighted by Gasteiger charge is 2.38. The van der Waals surface area contributed by atoms with Crippen molar-refractivity contribution in [1.82, 2.24) is 0 Å². The molecule has 0 aromatic heterocycles. The van der Waals surface area contributed by atoms with Gasteiger partial charge in [0.1, 0.15) is 5.75 Å². The summed E-state index contributed by atoms with van der Waals surface area (Å²) in [5.41, 5.74) is 1.29. The lowest BCUT2D eigenvalue weighted by atomic mass is 10.0. The molecular weight excluding hydrogens is 210 g/mol. The van der Waals surface area contributed by atoms with Crippen molar-refractivity contribution in [1.29, 1.82) is 5.26 Å². The Labute approximate surface area is 100 Å².